The van der Waals surface area contributed by atoms with Gasteiger partial charge in [-0.1, -0.05) is 12.1 Å². The molecular weight excluding hydrogens is 371 g/mol. The largest absolute Gasteiger partial charge is 0.472 e. The van der Waals surface area contributed by atoms with E-state index < -0.39 is 11.7 Å². The first-order valence-electron chi connectivity index (χ1n) is 8.82. The number of rotatable bonds is 4. The van der Waals surface area contributed by atoms with Gasteiger partial charge in [0.25, 0.3) is 0 Å². The Morgan fingerprint density at radius 3 is 2.71 bits per heavy atom. The van der Waals surface area contributed by atoms with Crippen LogP contribution < -0.4 is 4.74 Å². The fraction of sp³-hybridized carbons (Fsp3) is 0.350. The summed E-state index contributed by atoms with van der Waals surface area (Å²) in [5.74, 6) is 0.174. The molecule has 2 aromatic rings. The molecule has 5 nitrogen and oxygen atoms in total. The lowest BCUT2D eigenvalue weighted by Gasteiger charge is -2.32. The molecule has 1 atom stereocenters. The number of aromatic nitrogens is 1. The van der Waals surface area contributed by atoms with Crippen LogP contribution in [0.15, 0.2) is 42.6 Å². The van der Waals surface area contributed by atoms with Gasteiger partial charge in [-0.2, -0.15) is 18.4 Å². The Morgan fingerprint density at radius 2 is 2.04 bits per heavy atom. The highest BCUT2D eigenvalue weighted by molar-refractivity contribution is 5.79. The van der Waals surface area contributed by atoms with Crippen LogP contribution in [0.3, 0.4) is 0 Å². The molecule has 1 amide bonds. The molecule has 0 unspecified atom stereocenters. The van der Waals surface area contributed by atoms with Crippen molar-refractivity contribution in [2.24, 2.45) is 0 Å². The van der Waals surface area contributed by atoms with Crippen LogP contribution in [0.5, 0.6) is 5.88 Å². The van der Waals surface area contributed by atoms with Gasteiger partial charge in [0.2, 0.25) is 11.8 Å². The van der Waals surface area contributed by atoms with Crippen molar-refractivity contribution < 1.29 is 22.7 Å². The lowest BCUT2D eigenvalue weighted by Crippen LogP contribution is -2.45. The summed E-state index contributed by atoms with van der Waals surface area (Å²) in [6.45, 7) is 0.947. The maximum atomic E-state index is 12.6. The Morgan fingerprint density at radius 1 is 1.29 bits per heavy atom. The average Bonchev–Trinajstić information content (AvgIpc) is 2.68. The molecule has 1 aliphatic heterocycles. The van der Waals surface area contributed by atoms with Crippen LogP contribution in [0.2, 0.25) is 0 Å². The van der Waals surface area contributed by atoms with Crippen molar-refractivity contribution in [3.8, 4) is 11.9 Å². The SMILES string of the molecule is N#Cc1ccnc(O[C@@H]2CCCN(C(=O)Cc3ccc(C(F)(F)F)cc3)C2)c1. The van der Waals surface area contributed by atoms with Crippen LogP contribution in [0.1, 0.15) is 29.5 Å². The first-order valence-corrected chi connectivity index (χ1v) is 8.82. The van der Waals surface area contributed by atoms with E-state index in [1.54, 1.807) is 17.0 Å². The molecule has 1 aromatic heterocycles. The molecule has 0 bridgehead atoms. The monoisotopic (exact) mass is 389 g/mol. The van der Waals surface area contributed by atoms with E-state index in [1.807, 2.05) is 6.07 Å². The summed E-state index contributed by atoms with van der Waals surface area (Å²) in [6.07, 6.45) is -1.61. The average molecular weight is 389 g/mol. The molecule has 0 saturated carbocycles. The molecule has 1 aromatic carbocycles. The zero-order valence-corrected chi connectivity index (χ0v) is 14.9. The zero-order valence-electron chi connectivity index (χ0n) is 14.9. The number of halogens is 3. The van der Waals surface area contributed by atoms with Gasteiger partial charge in [-0.3, -0.25) is 4.79 Å². The van der Waals surface area contributed by atoms with Gasteiger partial charge in [0.1, 0.15) is 6.10 Å². The predicted molar refractivity (Wildman–Crippen MR) is 94.3 cm³/mol. The minimum atomic E-state index is -4.39. The molecule has 1 saturated heterocycles. The van der Waals surface area contributed by atoms with Gasteiger partial charge in [-0.05, 0) is 36.6 Å². The molecule has 3 rings (SSSR count). The highest BCUT2D eigenvalue weighted by Crippen LogP contribution is 2.29. The molecule has 8 heteroatoms. The van der Waals surface area contributed by atoms with Gasteiger partial charge in [-0.15, -0.1) is 0 Å². The van der Waals surface area contributed by atoms with E-state index in [2.05, 4.69) is 4.98 Å². The molecule has 146 valence electrons. The Kier molecular flexibility index (Phi) is 5.83. The molecule has 1 aliphatic rings. The first-order chi connectivity index (χ1) is 13.3. The number of piperidine rings is 1. The number of nitrogens with zero attached hydrogens (tertiary/aromatic N) is 3. The number of carbonyl (C=O) groups excluding carboxylic acids is 1. The van der Waals surface area contributed by atoms with Crippen LogP contribution in [-0.2, 0) is 17.4 Å². The highest BCUT2D eigenvalue weighted by Gasteiger charge is 2.30. The zero-order chi connectivity index (χ0) is 20.1. The summed E-state index contributed by atoms with van der Waals surface area (Å²) in [4.78, 5) is 18.3. The Bertz CT molecular complexity index is 876. The van der Waals surface area contributed by atoms with Crippen molar-refractivity contribution in [1.29, 1.82) is 5.26 Å². The number of carbonyl (C=O) groups is 1. The van der Waals surface area contributed by atoms with Crippen LogP contribution >= 0.6 is 0 Å². The predicted octanol–water partition coefficient (Wildman–Crippen LogP) is 3.58. The van der Waals surface area contributed by atoms with Gasteiger partial charge in [0, 0.05) is 18.8 Å². The summed E-state index contributed by atoms with van der Waals surface area (Å²) >= 11 is 0. The van der Waals surface area contributed by atoms with E-state index in [0.29, 0.717) is 30.1 Å². The number of hydrogen-bond donors (Lipinski definition) is 0. The highest BCUT2D eigenvalue weighted by atomic mass is 19.4. The van der Waals surface area contributed by atoms with Gasteiger partial charge < -0.3 is 9.64 Å². The standard InChI is InChI=1S/C20H18F3N3O2/c21-20(22,23)16-5-3-14(4-6-16)11-19(27)26-9-1-2-17(13-26)28-18-10-15(12-24)7-8-25-18/h3-8,10,17H,1-2,9,11,13H2/t17-/m1/s1. The van der Waals surface area contributed by atoms with E-state index in [4.69, 9.17) is 10.00 Å². The molecule has 0 spiro atoms. The molecule has 0 radical (unpaired) electrons. The maximum absolute atomic E-state index is 12.6. The second-order valence-corrected chi connectivity index (χ2v) is 6.59. The molecule has 0 aliphatic carbocycles. The second-order valence-electron chi connectivity index (χ2n) is 6.59. The summed E-state index contributed by atoms with van der Waals surface area (Å²) in [5.41, 5.74) is 0.239. The third-order valence-corrected chi connectivity index (χ3v) is 4.52. The fourth-order valence-corrected chi connectivity index (χ4v) is 3.07. The van der Waals surface area contributed by atoms with Crippen molar-refractivity contribution in [1.82, 2.24) is 9.88 Å². The summed E-state index contributed by atoms with van der Waals surface area (Å²) in [7, 11) is 0. The van der Waals surface area contributed by atoms with Gasteiger partial charge in [-0.25, -0.2) is 4.98 Å². The number of benzene rings is 1. The van der Waals surface area contributed by atoms with Crippen LogP contribution in [0.25, 0.3) is 0 Å². The van der Waals surface area contributed by atoms with Crippen molar-refractivity contribution >= 4 is 5.91 Å². The van der Waals surface area contributed by atoms with E-state index in [-0.39, 0.29) is 18.4 Å². The molecular formula is C20H18F3N3O2. The lowest BCUT2D eigenvalue weighted by atomic mass is 10.0. The Hall–Kier alpha value is -3.08. The summed E-state index contributed by atoms with van der Waals surface area (Å²) < 4.78 is 43.7. The van der Waals surface area contributed by atoms with E-state index in [9.17, 15) is 18.0 Å². The topological polar surface area (TPSA) is 66.2 Å². The van der Waals surface area contributed by atoms with Crippen LogP contribution in [0.4, 0.5) is 13.2 Å². The van der Waals surface area contributed by atoms with Crippen molar-refractivity contribution in [2.75, 3.05) is 13.1 Å². The maximum Gasteiger partial charge on any atom is 0.416 e. The van der Waals surface area contributed by atoms with Crippen molar-refractivity contribution in [2.45, 2.75) is 31.5 Å². The van der Waals surface area contributed by atoms with E-state index in [0.717, 1.165) is 25.0 Å². The normalized spacial score (nSPS) is 17.1. The van der Waals surface area contributed by atoms with Crippen molar-refractivity contribution in [3.05, 3.63) is 59.3 Å². The lowest BCUT2D eigenvalue weighted by molar-refractivity contribution is -0.137. The summed E-state index contributed by atoms with van der Waals surface area (Å²) in [5, 5.41) is 8.94. The smallest absolute Gasteiger partial charge is 0.416 e. The van der Waals surface area contributed by atoms with E-state index >= 15 is 0 Å². The number of hydrogen-bond acceptors (Lipinski definition) is 4. The van der Waals surface area contributed by atoms with Gasteiger partial charge in [0.05, 0.1) is 30.2 Å². The number of nitriles is 1. The van der Waals surface area contributed by atoms with Gasteiger partial charge >= 0.3 is 6.18 Å². The minimum Gasteiger partial charge on any atom is -0.472 e. The number of likely N-dealkylation sites (tertiary alicyclic amines) is 1. The van der Waals surface area contributed by atoms with Crippen LogP contribution in [-0.4, -0.2) is 35.0 Å². The summed E-state index contributed by atoms with van der Waals surface area (Å²) in [6, 6.07) is 9.77. The number of amides is 1. The van der Waals surface area contributed by atoms with E-state index in [1.165, 1.54) is 18.3 Å². The fourth-order valence-electron chi connectivity index (χ4n) is 3.07. The molecule has 2 heterocycles. The second kappa shape index (κ2) is 8.30. The Balaban J connectivity index is 1.59. The number of alkyl halides is 3. The minimum absolute atomic E-state index is 0.0347. The number of pyridine rings is 1. The first kappa shape index (κ1) is 19.7. The van der Waals surface area contributed by atoms with Crippen molar-refractivity contribution in [3.63, 3.8) is 0 Å². The molecule has 1 fully saturated rings. The quantitative estimate of drug-likeness (QED) is 0.802. The Labute approximate surface area is 160 Å². The van der Waals surface area contributed by atoms with Crippen LogP contribution in [0, 0.1) is 11.3 Å². The third kappa shape index (κ3) is 5.00. The molecule has 0 N–H and O–H groups in total. The molecule has 28 heavy (non-hydrogen) atoms. The number of ether oxygens (including phenoxy) is 1. The van der Waals surface area contributed by atoms with Gasteiger partial charge in [0.15, 0.2) is 0 Å². The third-order valence-electron chi connectivity index (χ3n) is 4.52.